The number of hydrogen-bond acceptors (Lipinski definition) is 3. The van der Waals surface area contributed by atoms with Crippen LogP contribution in [0.3, 0.4) is 0 Å². The van der Waals surface area contributed by atoms with E-state index in [1.165, 1.54) is 50.0 Å². The van der Waals surface area contributed by atoms with Gasteiger partial charge in [0.2, 0.25) is 0 Å². The predicted octanol–water partition coefficient (Wildman–Crippen LogP) is 5.15. The third-order valence-corrected chi connectivity index (χ3v) is 6.64. The van der Waals surface area contributed by atoms with Gasteiger partial charge in [-0.05, 0) is 67.8 Å². The molecular weight excluding hydrogens is 320 g/mol. The van der Waals surface area contributed by atoms with E-state index in [4.69, 9.17) is 9.84 Å². The largest absolute Gasteiger partial charge is 0.481 e. The zero-order chi connectivity index (χ0) is 17.0. The zero-order valence-electron chi connectivity index (χ0n) is 15.0. The van der Waals surface area contributed by atoms with Gasteiger partial charge in [-0.15, -0.1) is 0 Å². The first-order chi connectivity index (χ1) is 11.8. The Bertz CT molecular complexity index is 377. The van der Waals surface area contributed by atoms with E-state index < -0.39 is 5.97 Å². The number of aliphatic carboxylic acids is 1. The van der Waals surface area contributed by atoms with Crippen LogP contribution in [0.4, 0.5) is 0 Å². The molecule has 3 nitrogen and oxygen atoms in total. The Labute approximate surface area is 151 Å². The third kappa shape index (κ3) is 8.06. The minimum atomic E-state index is -0.696. The highest BCUT2D eigenvalue weighted by Crippen LogP contribution is 2.30. The van der Waals surface area contributed by atoms with Gasteiger partial charge in [-0.2, -0.15) is 11.8 Å². The maximum absolute atomic E-state index is 10.5. The molecule has 1 saturated heterocycles. The summed E-state index contributed by atoms with van der Waals surface area (Å²) in [6.07, 6.45) is 15.9. The predicted molar refractivity (Wildman–Crippen MR) is 102 cm³/mol. The smallest absolute Gasteiger partial charge is 0.303 e. The summed E-state index contributed by atoms with van der Waals surface area (Å²) in [5, 5.41) is 8.62. The second-order valence-corrected chi connectivity index (χ2v) is 8.57. The van der Waals surface area contributed by atoms with Crippen molar-refractivity contribution >= 4 is 17.7 Å². The first-order valence-corrected chi connectivity index (χ1v) is 10.9. The van der Waals surface area contributed by atoms with Crippen LogP contribution < -0.4 is 0 Å². The molecule has 0 aromatic carbocycles. The molecule has 1 aliphatic heterocycles. The lowest BCUT2D eigenvalue weighted by molar-refractivity contribution is -0.137. The molecule has 1 N–H and O–H groups in total. The van der Waals surface area contributed by atoms with Gasteiger partial charge in [-0.3, -0.25) is 4.79 Å². The normalized spacial score (nSPS) is 25.5. The molecule has 0 amide bonds. The molecule has 138 valence electrons. The van der Waals surface area contributed by atoms with E-state index in [1.54, 1.807) is 0 Å². The Morgan fingerprint density at radius 1 is 1.12 bits per heavy atom. The summed E-state index contributed by atoms with van der Waals surface area (Å²) in [6, 6.07) is 0. The molecule has 0 unspecified atom stereocenters. The lowest BCUT2D eigenvalue weighted by atomic mass is 9.90. The number of rotatable bonds is 11. The quantitative estimate of drug-likeness (QED) is 0.411. The van der Waals surface area contributed by atoms with Crippen LogP contribution in [0.1, 0.15) is 64.2 Å². The molecule has 1 saturated carbocycles. The number of allylic oxidation sites excluding steroid dienone is 2. The van der Waals surface area contributed by atoms with Gasteiger partial charge in [0, 0.05) is 13.0 Å². The van der Waals surface area contributed by atoms with E-state index in [2.05, 4.69) is 23.9 Å². The van der Waals surface area contributed by atoms with Crippen LogP contribution in [0.25, 0.3) is 0 Å². The van der Waals surface area contributed by atoms with Gasteiger partial charge < -0.3 is 9.84 Å². The number of ether oxygens (including phenoxy) is 1. The van der Waals surface area contributed by atoms with E-state index in [1.807, 2.05) is 0 Å². The van der Waals surface area contributed by atoms with Crippen LogP contribution >= 0.6 is 11.8 Å². The van der Waals surface area contributed by atoms with E-state index >= 15 is 0 Å². The zero-order valence-corrected chi connectivity index (χ0v) is 15.8. The van der Waals surface area contributed by atoms with Crippen molar-refractivity contribution in [2.45, 2.75) is 64.2 Å². The highest BCUT2D eigenvalue weighted by Gasteiger charge is 2.26. The van der Waals surface area contributed by atoms with Gasteiger partial charge >= 0.3 is 5.97 Å². The number of thioether (sulfide) groups is 1. The Kier molecular flexibility index (Phi) is 9.89. The van der Waals surface area contributed by atoms with Gasteiger partial charge in [-0.25, -0.2) is 0 Å². The molecule has 1 heterocycles. The second-order valence-electron chi connectivity index (χ2n) is 7.42. The number of hydrogen-bond donors (Lipinski definition) is 1. The molecular formula is C20H34O3S. The summed E-state index contributed by atoms with van der Waals surface area (Å²) in [5.41, 5.74) is 0. The molecule has 0 spiro atoms. The lowest BCUT2D eigenvalue weighted by Crippen LogP contribution is -2.14. The standard InChI is InChI=1S/C20H34O3S/c21-20(22)11-7-2-1-6-10-18-14-23-15-19(18)12-13-24-16-17-8-4-3-5-9-17/h1,6,17-19H,2-5,7-16H2,(H,21,22)/b6-1-/t18-,19+/m0/s1. The summed E-state index contributed by atoms with van der Waals surface area (Å²) >= 11 is 2.16. The fourth-order valence-corrected chi connectivity index (χ4v) is 5.12. The van der Waals surface area contributed by atoms with Crippen LogP contribution in [0.15, 0.2) is 12.2 Å². The van der Waals surface area contributed by atoms with Crippen LogP contribution in [0, 0.1) is 17.8 Å². The Morgan fingerprint density at radius 2 is 1.92 bits per heavy atom. The summed E-state index contributed by atoms with van der Waals surface area (Å²) in [4.78, 5) is 10.5. The minimum Gasteiger partial charge on any atom is -0.481 e. The van der Waals surface area contributed by atoms with E-state index in [0.717, 1.165) is 38.4 Å². The van der Waals surface area contributed by atoms with Crippen LogP contribution in [-0.2, 0) is 9.53 Å². The Hall–Kier alpha value is -0.480. The molecule has 2 atom stereocenters. The summed E-state index contributed by atoms with van der Waals surface area (Å²) in [5.74, 6) is 4.31. The number of carboxylic acids is 1. The first kappa shape index (κ1) is 19.8. The van der Waals surface area contributed by atoms with Gasteiger partial charge in [0.1, 0.15) is 0 Å². The molecule has 0 aromatic rings. The summed E-state index contributed by atoms with van der Waals surface area (Å²) < 4.78 is 5.71. The molecule has 24 heavy (non-hydrogen) atoms. The van der Waals surface area contributed by atoms with Gasteiger partial charge in [0.15, 0.2) is 0 Å². The third-order valence-electron chi connectivity index (χ3n) is 5.41. The monoisotopic (exact) mass is 354 g/mol. The maximum Gasteiger partial charge on any atom is 0.303 e. The van der Waals surface area contributed by atoms with Crippen molar-refractivity contribution in [1.82, 2.24) is 0 Å². The van der Waals surface area contributed by atoms with E-state index in [0.29, 0.717) is 11.8 Å². The lowest BCUT2D eigenvalue weighted by Gasteiger charge is -2.21. The average molecular weight is 355 g/mol. The van der Waals surface area contributed by atoms with Gasteiger partial charge in [-0.1, -0.05) is 31.4 Å². The maximum atomic E-state index is 10.5. The minimum absolute atomic E-state index is 0.276. The number of unbranched alkanes of at least 4 members (excludes halogenated alkanes) is 1. The van der Waals surface area contributed by atoms with Gasteiger partial charge in [0.05, 0.1) is 6.61 Å². The fraction of sp³-hybridized carbons (Fsp3) is 0.850. The molecule has 0 aromatic heterocycles. The molecule has 0 radical (unpaired) electrons. The SMILES string of the molecule is O=C(O)CCC/C=C\C[C@H]1COC[C@H]1CCSCC1CCCCC1. The number of carbonyl (C=O) groups is 1. The van der Waals surface area contributed by atoms with Crippen molar-refractivity contribution in [1.29, 1.82) is 0 Å². The average Bonchev–Trinajstić information content (AvgIpc) is 3.03. The summed E-state index contributed by atoms with van der Waals surface area (Å²) in [7, 11) is 0. The highest BCUT2D eigenvalue weighted by molar-refractivity contribution is 7.99. The van der Waals surface area contributed by atoms with E-state index in [-0.39, 0.29) is 6.42 Å². The Balaban J connectivity index is 1.53. The molecule has 4 heteroatoms. The molecule has 0 bridgehead atoms. The topological polar surface area (TPSA) is 46.5 Å². The van der Waals surface area contributed by atoms with Crippen molar-refractivity contribution in [3.8, 4) is 0 Å². The van der Waals surface area contributed by atoms with Crippen molar-refractivity contribution in [3.05, 3.63) is 12.2 Å². The van der Waals surface area contributed by atoms with E-state index in [9.17, 15) is 4.79 Å². The molecule has 1 aliphatic carbocycles. The first-order valence-electron chi connectivity index (χ1n) is 9.78. The van der Waals surface area contributed by atoms with Crippen molar-refractivity contribution in [3.63, 3.8) is 0 Å². The Morgan fingerprint density at radius 3 is 2.71 bits per heavy atom. The fourth-order valence-electron chi connectivity index (χ4n) is 3.82. The van der Waals surface area contributed by atoms with Crippen LogP contribution in [0.2, 0.25) is 0 Å². The van der Waals surface area contributed by atoms with Crippen molar-refractivity contribution < 1.29 is 14.6 Å². The second kappa shape index (κ2) is 12.0. The van der Waals surface area contributed by atoms with Gasteiger partial charge in [0.25, 0.3) is 0 Å². The molecule has 2 fully saturated rings. The number of carboxylic acid groups (broad SMARTS) is 1. The van der Waals surface area contributed by atoms with Crippen LogP contribution in [0.5, 0.6) is 0 Å². The van der Waals surface area contributed by atoms with Crippen molar-refractivity contribution in [2.75, 3.05) is 24.7 Å². The molecule has 2 rings (SSSR count). The van der Waals surface area contributed by atoms with Crippen molar-refractivity contribution in [2.24, 2.45) is 17.8 Å². The van der Waals surface area contributed by atoms with Crippen LogP contribution in [-0.4, -0.2) is 35.8 Å². The molecule has 2 aliphatic rings. The summed E-state index contributed by atoms with van der Waals surface area (Å²) in [6.45, 7) is 1.83. The highest BCUT2D eigenvalue weighted by atomic mass is 32.2.